The summed E-state index contributed by atoms with van der Waals surface area (Å²) in [7, 11) is 1.98. The van der Waals surface area contributed by atoms with E-state index in [0.29, 0.717) is 19.0 Å². The van der Waals surface area contributed by atoms with Gasteiger partial charge in [0.25, 0.3) is 0 Å². The number of likely N-dealkylation sites (N-methyl/N-ethyl adjacent to an activating group) is 1. The molecule has 0 aromatic heterocycles. The van der Waals surface area contributed by atoms with Gasteiger partial charge >= 0.3 is 0 Å². The number of morpholine rings is 1. The third-order valence-electron chi connectivity index (χ3n) is 7.69. The first-order chi connectivity index (χ1) is 18.0. The highest BCUT2D eigenvalue weighted by molar-refractivity contribution is 5.96. The first-order valence-electron chi connectivity index (χ1n) is 13.4. The molecule has 1 aromatic rings. The molecule has 1 amide bonds. The number of nitrogens with zero attached hydrogens (tertiary/aromatic N) is 4. The molecule has 37 heavy (non-hydrogen) atoms. The third kappa shape index (κ3) is 6.14. The van der Waals surface area contributed by atoms with Gasteiger partial charge in [0, 0.05) is 51.0 Å². The van der Waals surface area contributed by atoms with Gasteiger partial charge in [0.05, 0.1) is 19.9 Å². The van der Waals surface area contributed by atoms with Gasteiger partial charge in [-0.05, 0) is 56.6 Å². The summed E-state index contributed by atoms with van der Waals surface area (Å²) in [6.45, 7) is 13.8. The van der Waals surface area contributed by atoms with Crippen LogP contribution in [-0.4, -0.2) is 103 Å². The fraction of sp³-hybridized carbons (Fsp3) is 0.517. The topological polar surface area (TPSA) is 75.1 Å². The summed E-state index contributed by atoms with van der Waals surface area (Å²) < 4.78 is 5.44. The molecule has 3 heterocycles. The van der Waals surface area contributed by atoms with Crippen molar-refractivity contribution in [2.75, 3.05) is 66.2 Å². The van der Waals surface area contributed by atoms with Crippen LogP contribution in [0.5, 0.6) is 0 Å². The van der Waals surface area contributed by atoms with Crippen LogP contribution in [0.25, 0.3) is 0 Å². The van der Waals surface area contributed by atoms with Crippen molar-refractivity contribution in [2.45, 2.75) is 31.8 Å². The SMILES string of the molecule is C=C/C=C(\C=C/C)N1CN(Cc2cccc(C(=N)N(C)CCN3CCOCC3)c2)C(=O)C12CCNCC2. The van der Waals surface area contributed by atoms with Crippen molar-refractivity contribution in [3.63, 3.8) is 0 Å². The maximum Gasteiger partial charge on any atom is 0.250 e. The van der Waals surface area contributed by atoms with E-state index in [9.17, 15) is 4.79 Å². The normalized spacial score (nSPS) is 20.7. The van der Waals surface area contributed by atoms with Crippen molar-refractivity contribution in [3.8, 4) is 0 Å². The van der Waals surface area contributed by atoms with E-state index >= 15 is 0 Å². The molecule has 4 rings (SSSR count). The van der Waals surface area contributed by atoms with Crippen molar-refractivity contribution in [3.05, 3.63) is 72.0 Å². The predicted molar refractivity (Wildman–Crippen MR) is 148 cm³/mol. The summed E-state index contributed by atoms with van der Waals surface area (Å²) in [4.78, 5) is 22.5. The van der Waals surface area contributed by atoms with Gasteiger partial charge in [-0.2, -0.15) is 0 Å². The number of ether oxygens (including phenoxy) is 1. The summed E-state index contributed by atoms with van der Waals surface area (Å²) >= 11 is 0. The molecule has 0 unspecified atom stereocenters. The average Bonchev–Trinajstić information content (AvgIpc) is 3.18. The number of carbonyl (C=O) groups is 1. The lowest BCUT2D eigenvalue weighted by molar-refractivity contribution is -0.134. The third-order valence-corrected chi connectivity index (χ3v) is 7.69. The molecular weight excluding hydrogens is 464 g/mol. The first-order valence-corrected chi connectivity index (χ1v) is 13.4. The Balaban J connectivity index is 1.47. The monoisotopic (exact) mass is 506 g/mol. The first kappa shape index (κ1) is 27.1. The number of benzene rings is 1. The molecule has 0 bridgehead atoms. The number of carbonyl (C=O) groups excluding carboxylic acids is 1. The van der Waals surface area contributed by atoms with E-state index in [0.717, 1.165) is 82.1 Å². The summed E-state index contributed by atoms with van der Waals surface area (Å²) in [6, 6.07) is 8.10. The number of rotatable bonds is 9. The summed E-state index contributed by atoms with van der Waals surface area (Å²) in [6.07, 6.45) is 9.44. The molecule has 3 aliphatic heterocycles. The Labute approximate surface area is 221 Å². The van der Waals surface area contributed by atoms with E-state index in [1.54, 1.807) is 6.08 Å². The number of amidine groups is 1. The summed E-state index contributed by atoms with van der Waals surface area (Å²) in [5.74, 6) is 0.695. The molecule has 0 aliphatic carbocycles. The van der Waals surface area contributed by atoms with Crippen LogP contribution in [0.4, 0.5) is 0 Å². The van der Waals surface area contributed by atoms with Crippen LogP contribution >= 0.6 is 0 Å². The van der Waals surface area contributed by atoms with Crippen molar-refractivity contribution >= 4 is 11.7 Å². The van der Waals surface area contributed by atoms with Gasteiger partial charge in [0.15, 0.2) is 0 Å². The second-order valence-corrected chi connectivity index (χ2v) is 10.1. The zero-order chi connectivity index (χ0) is 26.3. The number of amides is 1. The quantitative estimate of drug-likeness (QED) is 0.305. The Hall–Kier alpha value is -2.94. The zero-order valence-electron chi connectivity index (χ0n) is 22.4. The van der Waals surface area contributed by atoms with Gasteiger partial charge in [-0.15, -0.1) is 0 Å². The van der Waals surface area contributed by atoms with Crippen LogP contribution in [0.15, 0.2) is 60.8 Å². The Morgan fingerprint density at radius 1 is 1.27 bits per heavy atom. The van der Waals surface area contributed by atoms with Crippen LogP contribution in [-0.2, 0) is 16.1 Å². The maximum atomic E-state index is 13.9. The fourth-order valence-corrected chi connectivity index (χ4v) is 5.57. The highest BCUT2D eigenvalue weighted by Crippen LogP contribution is 2.38. The Kier molecular flexibility index (Phi) is 9.18. The predicted octanol–water partition coefficient (Wildman–Crippen LogP) is 2.65. The molecule has 0 radical (unpaired) electrons. The molecule has 3 fully saturated rings. The number of hydrogen-bond acceptors (Lipinski definition) is 6. The van der Waals surface area contributed by atoms with Gasteiger partial charge < -0.3 is 24.8 Å². The molecule has 0 atom stereocenters. The lowest BCUT2D eigenvalue weighted by Gasteiger charge is -2.40. The highest BCUT2D eigenvalue weighted by atomic mass is 16.5. The molecule has 8 nitrogen and oxygen atoms in total. The van der Waals surface area contributed by atoms with E-state index in [4.69, 9.17) is 10.1 Å². The van der Waals surface area contributed by atoms with Crippen LogP contribution in [0.1, 0.15) is 30.9 Å². The van der Waals surface area contributed by atoms with Gasteiger partial charge in [-0.3, -0.25) is 15.1 Å². The Morgan fingerprint density at radius 3 is 2.73 bits per heavy atom. The van der Waals surface area contributed by atoms with Crippen molar-refractivity contribution < 1.29 is 9.53 Å². The van der Waals surface area contributed by atoms with E-state index in [1.165, 1.54) is 0 Å². The zero-order valence-corrected chi connectivity index (χ0v) is 22.4. The summed E-state index contributed by atoms with van der Waals surface area (Å²) in [5.41, 5.74) is 2.42. The van der Waals surface area contributed by atoms with Crippen molar-refractivity contribution in [1.29, 1.82) is 5.41 Å². The average molecular weight is 507 g/mol. The summed E-state index contributed by atoms with van der Waals surface area (Å²) in [5, 5.41) is 12.2. The fourth-order valence-electron chi connectivity index (χ4n) is 5.57. The molecule has 0 saturated carbocycles. The smallest absolute Gasteiger partial charge is 0.250 e. The van der Waals surface area contributed by atoms with Crippen molar-refractivity contribution in [1.82, 2.24) is 24.9 Å². The Bertz CT molecular complexity index is 1020. The van der Waals surface area contributed by atoms with Crippen LogP contribution in [0, 0.1) is 5.41 Å². The molecular formula is C29H42N6O2. The van der Waals surface area contributed by atoms with Crippen molar-refractivity contribution in [2.24, 2.45) is 0 Å². The van der Waals surface area contributed by atoms with E-state index in [-0.39, 0.29) is 5.91 Å². The van der Waals surface area contributed by atoms with E-state index in [1.807, 2.05) is 48.1 Å². The van der Waals surface area contributed by atoms with Crippen LogP contribution in [0.3, 0.4) is 0 Å². The second kappa shape index (κ2) is 12.5. The standard InChI is InChI=1S/C29H42N6O2/c1-4-7-26(8-5-2)35-23-34(28(36)29(35)11-13-31-14-12-29)22-24-9-6-10-25(21-24)27(30)32(3)15-16-33-17-19-37-20-18-33/h4-10,21,30-31H,1,11-20,22-23H2,2-3H3/b8-5-,26-7+,30-27?. The molecule has 1 spiro atoms. The Morgan fingerprint density at radius 2 is 2.03 bits per heavy atom. The second-order valence-electron chi connectivity index (χ2n) is 10.1. The molecule has 200 valence electrons. The van der Waals surface area contributed by atoms with Gasteiger partial charge in [0.1, 0.15) is 11.4 Å². The minimum Gasteiger partial charge on any atom is -0.379 e. The number of piperidine rings is 1. The largest absolute Gasteiger partial charge is 0.379 e. The van der Waals surface area contributed by atoms with E-state index in [2.05, 4.69) is 39.9 Å². The number of nitrogens with one attached hydrogen (secondary N) is 2. The maximum absolute atomic E-state index is 13.9. The minimum atomic E-state index is -0.524. The van der Waals surface area contributed by atoms with Gasteiger partial charge in [-0.25, -0.2) is 0 Å². The lowest BCUT2D eigenvalue weighted by atomic mass is 9.86. The van der Waals surface area contributed by atoms with Gasteiger partial charge in [0.2, 0.25) is 5.91 Å². The minimum absolute atomic E-state index is 0.191. The number of allylic oxidation sites excluding steroid dienone is 4. The van der Waals surface area contributed by atoms with E-state index < -0.39 is 5.54 Å². The van der Waals surface area contributed by atoms with Gasteiger partial charge in [-0.1, -0.05) is 36.9 Å². The number of hydrogen-bond donors (Lipinski definition) is 2. The molecule has 3 aliphatic rings. The molecule has 2 N–H and O–H groups in total. The lowest BCUT2D eigenvalue weighted by Crippen LogP contribution is -2.54. The molecule has 8 heteroatoms. The molecule has 1 aromatic carbocycles. The highest BCUT2D eigenvalue weighted by Gasteiger charge is 2.52. The molecule has 3 saturated heterocycles. The van der Waals surface area contributed by atoms with Crippen LogP contribution < -0.4 is 5.32 Å². The van der Waals surface area contributed by atoms with Crippen LogP contribution in [0.2, 0.25) is 0 Å².